The number of benzene rings is 1. The van der Waals surface area contributed by atoms with Crippen molar-refractivity contribution in [3.05, 3.63) is 29.1 Å². The molecule has 1 aromatic rings. The summed E-state index contributed by atoms with van der Waals surface area (Å²) in [4.78, 5) is 12.0. The van der Waals surface area contributed by atoms with Gasteiger partial charge in [0.25, 0.3) is 0 Å². The molecule has 0 unspecified atom stereocenters. The number of rotatable bonds is 1. The number of carbonyl (C=O) groups excluding carboxylic acids is 1. The van der Waals surface area contributed by atoms with E-state index in [0.717, 1.165) is 42.5 Å². The van der Waals surface area contributed by atoms with Gasteiger partial charge in [-0.25, -0.2) is 4.39 Å². The van der Waals surface area contributed by atoms with Crippen molar-refractivity contribution in [3.63, 3.8) is 0 Å². The molecule has 2 rings (SSSR count). The molecule has 0 spiro atoms. The Morgan fingerprint density at radius 2 is 1.78 bits per heavy atom. The van der Waals surface area contributed by atoms with Crippen LogP contribution in [0, 0.1) is 11.2 Å². The van der Waals surface area contributed by atoms with E-state index in [0.29, 0.717) is 0 Å². The predicted molar refractivity (Wildman–Crippen MR) is 71.1 cm³/mol. The molecule has 0 heterocycles. The normalized spacial score (nSPS) is 15.1. The maximum absolute atomic E-state index is 13.7. The van der Waals surface area contributed by atoms with Crippen LogP contribution in [0.25, 0.3) is 0 Å². The fourth-order valence-corrected chi connectivity index (χ4v) is 2.25. The van der Waals surface area contributed by atoms with E-state index in [9.17, 15) is 9.18 Å². The highest BCUT2D eigenvalue weighted by Crippen LogP contribution is 2.31. The zero-order valence-electron chi connectivity index (χ0n) is 11.3. The Morgan fingerprint density at radius 3 is 2.39 bits per heavy atom. The predicted octanol–water partition coefficient (Wildman–Crippen LogP) is 3.69. The first-order valence-corrected chi connectivity index (χ1v) is 6.51. The molecule has 0 saturated heterocycles. The monoisotopic (exact) mass is 249 g/mol. The number of nitrogens with one attached hydrogen (secondary N) is 1. The van der Waals surface area contributed by atoms with Gasteiger partial charge in [-0.3, -0.25) is 4.79 Å². The minimum Gasteiger partial charge on any atom is -0.325 e. The molecule has 0 saturated carbocycles. The third kappa shape index (κ3) is 2.55. The van der Waals surface area contributed by atoms with Crippen LogP contribution in [0.3, 0.4) is 0 Å². The Morgan fingerprint density at radius 1 is 1.17 bits per heavy atom. The third-order valence-electron chi connectivity index (χ3n) is 3.41. The molecule has 1 aromatic carbocycles. The first-order valence-electron chi connectivity index (χ1n) is 6.51. The highest BCUT2D eigenvalue weighted by atomic mass is 19.1. The first kappa shape index (κ1) is 13.1. The highest BCUT2D eigenvalue weighted by molar-refractivity contribution is 5.95. The number of halogens is 1. The van der Waals surface area contributed by atoms with Crippen molar-refractivity contribution in [2.24, 2.45) is 5.41 Å². The Labute approximate surface area is 108 Å². The van der Waals surface area contributed by atoms with Gasteiger partial charge in [0.15, 0.2) is 0 Å². The Kier molecular flexibility index (Phi) is 3.42. The van der Waals surface area contributed by atoms with Crippen molar-refractivity contribution in [3.8, 4) is 0 Å². The number of fused-ring (bicyclic) bond motifs is 1. The van der Waals surface area contributed by atoms with Gasteiger partial charge in [-0.2, -0.15) is 0 Å². The minimum absolute atomic E-state index is 0.0260. The molecule has 98 valence electrons. The maximum atomic E-state index is 13.7. The molecular formula is C15H20FNO. The molecule has 18 heavy (non-hydrogen) atoms. The van der Waals surface area contributed by atoms with Crippen LogP contribution in [0.2, 0.25) is 0 Å². The molecular weight excluding hydrogens is 229 g/mol. The van der Waals surface area contributed by atoms with Crippen LogP contribution in [0.15, 0.2) is 12.1 Å². The molecule has 1 N–H and O–H groups in total. The van der Waals surface area contributed by atoms with Crippen LogP contribution in [-0.4, -0.2) is 5.91 Å². The smallest absolute Gasteiger partial charge is 0.229 e. The summed E-state index contributed by atoms with van der Waals surface area (Å²) in [6.07, 6.45) is 3.72. The summed E-state index contributed by atoms with van der Waals surface area (Å²) in [5, 5.41) is 2.93. The van der Waals surface area contributed by atoms with Crippen LogP contribution in [-0.2, 0) is 17.6 Å². The van der Waals surface area contributed by atoms with E-state index in [1.807, 2.05) is 20.8 Å². The molecule has 0 radical (unpaired) electrons. The lowest BCUT2D eigenvalue weighted by atomic mass is 9.89. The molecule has 0 bridgehead atoms. The summed E-state index contributed by atoms with van der Waals surface area (Å²) in [6.45, 7) is 5.62. The summed E-state index contributed by atoms with van der Waals surface area (Å²) in [5.41, 5.74) is 2.12. The molecule has 1 amide bonds. The molecule has 0 aliphatic heterocycles. The van der Waals surface area contributed by atoms with Crippen molar-refractivity contribution in [2.45, 2.75) is 46.5 Å². The van der Waals surface area contributed by atoms with Gasteiger partial charge in [-0.1, -0.05) is 20.8 Å². The third-order valence-corrected chi connectivity index (χ3v) is 3.41. The molecule has 1 aliphatic rings. The van der Waals surface area contributed by atoms with Crippen LogP contribution >= 0.6 is 0 Å². The summed E-state index contributed by atoms with van der Waals surface area (Å²) in [5.74, 6) is -0.166. The summed E-state index contributed by atoms with van der Waals surface area (Å²) in [6, 6.07) is 3.14. The van der Waals surface area contributed by atoms with Gasteiger partial charge in [-0.15, -0.1) is 0 Å². The van der Waals surface area contributed by atoms with E-state index in [4.69, 9.17) is 0 Å². The standard InChI is InChI=1S/C15H20FNO/c1-15(2,3)14(18)17-13-9-8-12(16)10-6-4-5-7-11(10)13/h8-9H,4-7H2,1-3H3,(H,17,18). The zero-order chi connectivity index (χ0) is 13.3. The lowest BCUT2D eigenvalue weighted by Gasteiger charge is -2.23. The Hall–Kier alpha value is -1.38. The zero-order valence-corrected chi connectivity index (χ0v) is 11.3. The summed E-state index contributed by atoms with van der Waals surface area (Å²) >= 11 is 0. The fraction of sp³-hybridized carbons (Fsp3) is 0.533. The molecule has 3 heteroatoms. The molecule has 0 aromatic heterocycles. The minimum atomic E-state index is -0.435. The average Bonchev–Trinajstić information content (AvgIpc) is 2.32. The Balaban J connectivity index is 2.32. The van der Waals surface area contributed by atoms with Crippen LogP contribution in [0.1, 0.15) is 44.7 Å². The largest absolute Gasteiger partial charge is 0.325 e. The van der Waals surface area contributed by atoms with Crippen molar-refractivity contribution in [1.82, 2.24) is 0 Å². The van der Waals surface area contributed by atoms with Crippen molar-refractivity contribution < 1.29 is 9.18 Å². The van der Waals surface area contributed by atoms with E-state index in [1.54, 1.807) is 6.07 Å². The molecule has 2 nitrogen and oxygen atoms in total. The number of amides is 1. The Bertz CT molecular complexity index is 474. The van der Waals surface area contributed by atoms with Crippen molar-refractivity contribution in [1.29, 1.82) is 0 Å². The quantitative estimate of drug-likeness (QED) is 0.808. The SMILES string of the molecule is CC(C)(C)C(=O)Nc1ccc(F)c2c1CCCC2. The summed E-state index contributed by atoms with van der Waals surface area (Å²) < 4.78 is 13.7. The van der Waals surface area contributed by atoms with Gasteiger partial charge in [0.05, 0.1) is 0 Å². The lowest BCUT2D eigenvalue weighted by molar-refractivity contribution is -0.123. The van der Waals surface area contributed by atoms with Crippen molar-refractivity contribution >= 4 is 11.6 Å². The number of carbonyl (C=O) groups is 1. The van der Waals surface area contributed by atoms with Crippen LogP contribution in [0.4, 0.5) is 10.1 Å². The second-order valence-corrected chi connectivity index (χ2v) is 5.96. The highest BCUT2D eigenvalue weighted by Gasteiger charge is 2.24. The van der Waals surface area contributed by atoms with Crippen molar-refractivity contribution in [2.75, 3.05) is 5.32 Å². The molecule has 1 aliphatic carbocycles. The van der Waals surface area contributed by atoms with E-state index in [2.05, 4.69) is 5.32 Å². The van der Waals surface area contributed by atoms with E-state index >= 15 is 0 Å². The molecule has 0 fully saturated rings. The lowest BCUT2D eigenvalue weighted by Crippen LogP contribution is -2.28. The number of hydrogen-bond donors (Lipinski definition) is 1. The molecule has 0 atom stereocenters. The number of hydrogen-bond acceptors (Lipinski definition) is 1. The first-order chi connectivity index (χ1) is 8.39. The fourth-order valence-electron chi connectivity index (χ4n) is 2.25. The van der Waals surface area contributed by atoms with Gasteiger partial charge >= 0.3 is 0 Å². The van der Waals surface area contributed by atoms with E-state index in [-0.39, 0.29) is 11.7 Å². The van der Waals surface area contributed by atoms with E-state index < -0.39 is 5.41 Å². The van der Waals surface area contributed by atoms with Gasteiger partial charge in [0, 0.05) is 11.1 Å². The van der Waals surface area contributed by atoms with E-state index in [1.165, 1.54) is 6.07 Å². The van der Waals surface area contributed by atoms with Crippen LogP contribution < -0.4 is 5.32 Å². The van der Waals surface area contributed by atoms with Crippen LogP contribution in [0.5, 0.6) is 0 Å². The average molecular weight is 249 g/mol. The van der Waals surface area contributed by atoms with Gasteiger partial charge in [0.1, 0.15) is 5.82 Å². The summed E-state index contributed by atoms with van der Waals surface area (Å²) in [7, 11) is 0. The van der Waals surface area contributed by atoms with Gasteiger partial charge in [0.2, 0.25) is 5.91 Å². The van der Waals surface area contributed by atoms with Gasteiger partial charge in [-0.05, 0) is 48.9 Å². The second-order valence-electron chi connectivity index (χ2n) is 5.96. The van der Waals surface area contributed by atoms with Gasteiger partial charge < -0.3 is 5.32 Å². The second kappa shape index (κ2) is 4.71. The maximum Gasteiger partial charge on any atom is 0.229 e. The topological polar surface area (TPSA) is 29.1 Å². The number of anilines is 1.